The molecule has 0 saturated heterocycles. The Morgan fingerprint density at radius 3 is 2.73 bits per heavy atom. The molecule has 1 aromatic carbocycles. The van der Waals surface area contributed by atoms with Gasteiger partial charge in [0.15, 0.2) is 11.6 Å². The Morgan fingerprint density at radius 1 is 1.55 bits per heavy atom. The highest BCUT2D eigenvalue weighted by Gasteiger charge is 2.10. The summed E-state index contributed by atoms with van der Waals surface area (Å²) in [7, 11) is 1.37. The summed E-state index contributed by atoms with van der Waals surface area (Å²) in [4.78, 5) is 0. The van der Waals surface area contributed by atoms with E-state index < -0.39 is 11.6 Å². The molecule has 0 aromatic heterocycles. The first-order valence-electron chi connectivity index (χ1n) is 2.87. The van der Waals surface area contributed by atoms with Gasteiger partial charge in [-0.1, -0.05) is 11.6 Å². The number of methoxy groups -OCH3 is 1. The van der Waals surface area contributed by atoms with E-state index in [0.29, 0.717) is 0 Å². The van der Waals surface area contributed by atoms with Gasteiger partial charge >= 0.3 is 0 Å². The molecule has 1 N–H and O–H groups in total. The van der Waals surface area contributed by atoms with E-state index in [0.717, 1.165) is 0 Å². The zero-order valence-corrected chi connectivity index (χ0v) is 6.52. The first-order chi connectivity index (χ1) is 5.16. The Morgan fingerprint density at radius 2 is 2.18 bits per heavy atom. The van der Waals surface area contributed by atoms with Crippen molar-refractivity contribution in [2.24, 2.45) is 0 Å². The predicted octanol–water partition coefficient (Wildman–Crippen LogP) is 2.19. The lowest BCUT2D eigenvalue weighted by atomic mass is 10.3. The van der Waals surface area contributed by atoms with Crippen LogP contribution in [0.2, 0.25) is 5.02 Å². The SMILES string of the molecule is COc1ccc(O)c(F)c1Cl. The zero-order chi connectivity index (χ0) is 8.43. The van der Waals surface area contributed by atoms with Crippen molar-refractivity contribution in [3.63, 3.8) is 0 Å². The summed E-state index contributed by atoms with van der Waals surface area (Å²) in [6.07, 6.45) is 0. The van der Waals surface area contributed by atoms with Crippen LogP contribution in [0.1, 0.15) is 0 Å². The van der Waals surface area contributed by atoms with Crippen LogP contribution in [0.4, 0.5) is 4.39 Å². The van der Waals surface area contributed by atoms with Gasteiger partial charge in [0.1, 0.15) is 10.8 Å². The Hall–Kier alpha value is -0.960. The van der Waals surface area contributed by atoms with Crippen LogP contribution in [0.25, 0.3) is 0 Å². The van der Waals surface area contributed by atoms with Crippen molar-refractivity contribution in [1.82, 2.24) is 0 Å². The van der Waals surface area contributed by atoms with Gasteiger partial charge in [-0.25, -0.2) is 4.39 Å². The predicted molar refractivity (Wildman–Crippen MR) is 39.6 cm³/mol. The third-order valence-electron chi connectivity index (χ3n) is 1.25. The highest BCUT2D eigenvalue weighted by atomic mass is 35.5. The van der Waals surface area contributed by atoms with Crippen LogP contribution in [0.5, 0.6) is 11.5 Å². The third-order valence-corrected chi connectivity index (χ3v) is 1.60. The number of hydrogen-bond acceptors (Lipinski definition) is 2. The van der Waals surface area contributed by atoms with Crippen molar-refractivity contribution in [1.29, 1.82) is 0 Å². The molecule has 11 heavy (non-hydrogen) atoms. The molecule has 0 bridgehead atoms. The average molecular weight is 177 g/mol. The lowest BCUT2D eigenvalue weighted by Crippen LogP contribution is -1.86. The molecule has 0 atom stereocenters. The second kappa shape index (κ2) is 2.96. The number of aromatic hydroxyl groups is 1. The van der Waals surface area contributed by atoms with Crippen LogP contribution in [0, 0.1) is 5.82 Å². The molecular formula is C7H6ClFO2. The largest absolute Gasteiger partial charge is 0.505 e. The van der Waals surface area contributed by atoms with Gasteiger partial charge in [-0.15, -0.1) is 0 Å². The highest BCUT2D eigenvalue weighted by molar-refractivity contribution is 6.32. The molecule has 0 spiro atoms. The third kappa shape index (κ3) is 1.38. The molecule has 0 unspecified atom stereocenters. The van der Waals surface area contributed by atoms with Gasteiger partial charge in [-0.05, 0) is 12.1 Å². The molecule has 0 saturated carbocycles. The summed E-state index contributed by atoms with van der Waals surface area (Å²) >= 11 is 5.44. The molecule has 60 valence electrons. The van der Waals surface area contributed by atoms with Crippen LogP contribution >= 0.6 is 11.6 Å². The number of phenolic OH excluding ortho intramolecular Hbond substituents is 1. The van der Waals surface area contributed by atoms with Gasteiger partial charge in [0, 0.05) is 0 Å². The van der Waals surface area contributed by atoms with Gasteiger partial charge in [0.05, 0.1) is 7.11 Å². The molecule has 1 rings (SSSR count). The molecule has 0 aliphatic rings. The normalized spacial score (nSPS) is 9.73. The molecule has 2 nitrogen and oxygen atoms in total. The van der Waals surface area contributed by atoms with Gasteiger partial charge in [-0.3, -0.25) is 0 Å². The fourth-order valence-electron chi connectivity index (χ4n) is 0.679. The van der Waals surface area contributed by atoms with E-state index in [-0.39, 0.29) is 10.8 Å². The Balaban J connectivity index is 3.25. The van der Waals surface area contributed by atoms with E-state index in [2.05, 4.69) is 0 Å². The quantitative estimate of drug-likeness (QED) is 0.711. The van der Waals surface area contributed by atoms with E-state index in [4.69, 9.17) is 21.4 Å². The second-order valence-corrected chi connectivity index (χ2v) is 2.29. The van der Waals surface area contributed by atoms with Gasteiger partial charge in [0.25, 0.3) is 0 Å². The first kappa shape index (κ1) is 8.14. The minimum absolute atomic E-state index is 0.201. The van der Waals surface area contributed by atoms with Crippen molar-refractivity contribution in [3.8, 4) is 11.5 Å². The highest BCUT2D eigenvalue weighted by Crippen LogP contribution is 2.31. The Bertz CT molecular complexity index is 275. The fraction of sp³-hybridized carbons (Fsp3) is 0.143. The van der Waals surface area contributed by atoms with Crippen molar-refractivity contribution in [2.75, 3.05) is 7.11 Å². The van der Waals surface area contributed by atoms with Gasteiger partial charge < -0.3 is 9.84 Å². The van der Waals surface area contributed by atoms with Crippen molar-refractivity contribution < 1.29 is 14.2 Å². The van der Waals surface area contributed by atoms with Crippen molar-refractivity contribution in [3.05, 3.63) is 23.0 Å². The van der Waals surface area contributed by atoms with Gasteiger partial charge in [-0.2, -0.15) is 0 Å². The van der Waals surface area contributed by atoms with E-state index >= 15 is 0 Å². The maximum Gasteiger partial charge on any atom is 0.187 e. The number of benzene rings is 1. The molecule has 1 aromatic rings. The maximum atomic E-state index is 12.7. The molecule has 0 radical (unpaired) electrons. The van der Waals surface area contributed by atoms with E-state index in [1.54, 1.807) is 0 Å². The van der Waals surface area contributed by atoms with Crippen molar-refractivity contribution >= 4 is 11.6 Å². The monoisotopic (exact) mass is 176 g/mol. The summed E-state index contributed by atoms with van der Waals surface area (Å²) in [5.41, 5.74) is 0. The van der Waals surface area contributed by atoms with Crippen LogP contribution in [-0.4, -0.2) is 12.2 Å². The topological polar surface area (TPSA) is 29.5 Å². The molecule has 4 heteroatoms. The molecular weight excluding hydrogens is 171 g/mol. The van der Waals surface area contributed by atoms with Crippen LogP contribution in [-0.2, 0) is 0 Å². The maximum absolute atomic E-state index is 12.7. The second-order valence-electron chi connectivity index (χ2n) is 1.91. The lowest BCUT2D eigenvalue weighted by molar-refractivity contribution is 0.399. The van der Waals surface area contributed by atoms with Crippen LogP contribution < -0.4 is 4.74 Å². The smallest absolute Gasteiger partial charge is 0.187 e. The number of rotatable bonds is 1. The zero-order valence-electron chi connectivity index (χ0n) is 5.77. The Labute approximate surface area is 68.2 Å². The molecule has 0 amide bonds. The minimum Gasteiger partial charge on any atom is -0.505 e. The summed E-state index contributed by atoms with van der Waals surface area (Å²) in [6.45, 7) is 0. The fourth-order valence-corrected chi connectivity index (χ4v) is 0.916. The van der Waals surface area contributed by atoms with Crippen LogP contribution in [0.15, 0.2) is 12.1 Å². The minimum atomic E-state index is -0.856. The first-order valence-corrected chi connectivity index (χ1v) is 3.25. The molecule has 0 heterocycles. The summed E-state index contributed by atoms with van der Waals surface area (Å²) < 4.78 is 17.4. The van der Waals surface area contributed by atoms with Crippen molar-refractivity contribution in [2.45, 2.75) is 0 Å². The average Bonchev–Trinajstić information content (AvgIpc) is 2.01. The van der Waals surface area contributed by atoms with E-state index in [1.165, 1.54) is 19.2 Å². The van der Waals surface area contributed by atoms with Crippen LogP contribution in [0.3, 0.4) is 0 Å². The number of ether oxygens (including phenoxy) is 1. The molecule has 0 aliphatic carbocycles. The van der Waals surface area contributed by atoms with Gasteiger partial charge in [0.2, 0.25) is 0 Å². The summed E-state index contributed by atoms with van der Waals surface area (Å²) in [5, 5.41) is 8.60. The van der Waals surface area contributed by atoms with E-state index in [9.17, 15) is 4.39 Å². The number of phenols is 1. The number of hydrogen-bond donors (Lipinski definition) is 1. The van der Waals surface area contributed by atoms with E-state index in [1.807, 2.05) is 0 Å². The molecule has 0 fully saturated rings. The lowest BCUT2D eigenvalue weighted by Gasteiger charge is -2.03. The summed E-state index contributed by atoms with van der Waals surface area (Å²) in [5.74, 6) is -1.12. The summed E-state index contributed by atoms with van der Waals surface area (Å²) in [6, 6.07) is 2.57. The molecule has 0 aliphatic heterocycles. The number of halogens is 2. The Kier molecular flexibility index (Phi) is 2.19. The standard InChI is InChI=1S/C7H6ClFO2/c1-11-5-3-2-4(10)7(9)6(5)8/h2-3,10H,1H3.